The summed E-state index contributed by atoms with van der Waals surface area (Å²) in [4.78, 5) is 16.5. The summed E-state index contributed by atoms with van der Waals surface area (Å²) >= 11 is 5.12. The largest absolute Gasteiger partial charge is 0.325 e. The highest BCUT2D eigenvalue weighted by Crippen LogP contribution is 2.36. The quantitative estimate of drug-likeness (QED) is 0.651. The van der Waals surface area contributed by atoms with Crippen LogP contribution in [0.25, 0.3) is 21.8 Å². The molecule has 23 heavy (non-hydrogen) atoms. The maximum Gasteiger partial charge on any atom is 0.231 e. The zero-order chi connectivity index (χ0) is 16.0. The SMILES string of the molecule is C[C@@H]1C(=O)Nc2ccc(-c3csc(-c4cccc(Br)c4)n3)cc21. The molecule has 1 aliphatic rings. The van der Waals surface area contributed by atoms with Crippen molar-refractivity contribution in [2.75, 3.05) is 5.32 Å². The van der Waals surface area contributed by atoms with E-state index in [9.17, 15) is 4.79 Å². The molecule has 0 fully saturated rings. The summed E-state index contributed by atoms with van der Waals surface area (Å²) in [5.41, 5.74) is 5.05. The van der Waals surface area contributed by atoms with E-state index in [1.54, 1.807) is 11.3 Å². The van der Waals surface area contributed by atoms with Crippen LogP contribution in [0.3, 0.4) is 0 Å². The Bertz CT molecular complexity index is 919. The fourth-order valence-electron chi connectivity index (χ4n) is 2.74. The molecule has 4 rings (SSSR count). The Morgan fingerprint density at radius 2 is 2.04 bits per heavy atom. The number of carbonyl (C=O) groups is 1. The molecule has 3 nitrogen and oxygen atoms in total. The van der Waals surface area contributed by atoms with E-state index < -0.39 is 0 Å². The Hall–Kier alpha value is -1.98. The second-order valence-corrected chi connectivity index (χ2v) is 7.33. The maximum absolute atomic E-state index is 11.8. The number of aromatic nitrogens is 1. The Labute approximate surface area is 146 Å². The number of nitrogens with zero attached hydrogens (tertiary/aromatic N) is 1. The first-order chi connectivity index (χ1) is 11.1. The lowest BCUT2D eigenvalue weighted by Gasteiger charge is -2.04. The van der Waals surface area contributed by atoms with Crippen LogP contribution in [0.1, 0.15) is 18.4 Å². The monoisotopic (exact) mass is 384 g/mol. The smallest absolute Gasteiger partial charge is 0.231 e. The van der Waals surface area contributed by atoms with Gasteiger partial charge in [0.15, 0.2) is 0 Å². The van der Waals surface area contributed by atoms with E-state index in [4.69, 9.17) is 4.98 Å². The highest BCUT2D eigenvalue weighted by atomic mass is 79.9. The van der Waals surface area contributed by atoms with Crippen molar-refractivity contribution in [3.05, 3.63) is 57.9 Å². The number of thiazole rings is 1. The van der Waals surface area contributed by atoms with Crippen molar-refractivity contribution in [3.63, 3.8) is 0 Å². The van der Waals surface area contributed by atoms with Gasteiger partial charge in [-0.3, -0.25) is 4.79 Å². The second kappa shape index (κ2) is 5.58. The zero-order valence-electron chi connectivity index (χ0n) is 12.3. The first-order valence-electron chi connectivity index (χ1n) is 7.28. The van der Waals surface area contributed by atoms with Crippen molar-refractivity contribution >= 4 is 38.9 Å². The summed E-state index contributed by atoms with van der Waals surface area (Å²) in [5, 5.41) is 5.95. The summed E-state index contributed by atoms with van der Waals surface area (Å²) in [6.07, 6.45) is 0. The minimum absolute atomic E-state index is 0.0604. The normalized spacial score (nSPS) is 16.3. The number of anilines is 1. The van der Waals surface area contributed by atoms with Crippen LogP contribution >= 0.6 is 27.3 Å². The average molecular weight is 385 g/mol. The summed E-state index contributed by atoms with van der Waals surface area (Å²) in [6, 6.07) is 14.2. The maximum atomic E-state index is 11.8. The molecular formula is C18H13BrN2OS. The van der Waals surface area contributed by atoms with Gasteiger partial charge in [-0.15, -0.1) is 11.3 Å². The van der Waals surface area contributed by atoms with Gasteiger partial charge >= 0.3 is 0 Å². The van der Waals surface area contributed by atoms with E-state index in [-0.39, 0.29) is 11.8 Å². The van der Waals surface area contributed by atoms with Gasteiger partial charge in [0.1, 0.15) is 5.01 Å². The van der Waals surface area contributed by atoms with Crippen molar-refractivity contribution in [1.82, 2.24) is 4.98 Å². The molecule has 2 heterocycles. The third-order valence-electron chi connectivity index (χ3n) is 4.04. The van der Waals surface area contributed by atoms with E-state index in [2.05, 4.69) is 44.8 Å². The van der Waals surface area contributed by atoms with Crippen molar-refractivity contribution < 1.29 is 4.79 Å². The van der Waals surface area contributed by atoms with Gasteiger partial charge in [-0.05, 0) is 36.8 Å². The molecule has 0 spiro atoms. The predicted molar refractivity (Wildman–Crippen MR) is 97.7 cm³/mol. The number of amides is 1. The highest BCUT2D eigenvalue weighted by Gasteiger charge is 2.26. The molecular weight excluding hydrogens is 372 g/mol. The van der Waals surface area contributed by atoms with Crippen LogP contribution in [0.4, 0.5) is 5.69 Å². The topological polar surface area (TPSA) is 42.0 Å². The second-order valence-electron chi connectivity index (χ2n) is 5.56. The molecule has 0 saturated heterocycles. The van der Waals surface area contributed by atoms with Gasteiger partial charge in [0.05, 0.1) is 11.6 Å². The Morgan fingerprint density at radius 1 is 1.17 bits per heavy atom. The van der Waals surface area contributed by atoms with Gasteiger partial charge < -0.3 is 5.32 Å². The molecule has 1 aliphatic heterocycles. The number of benzene rings is 2. The average Bonchev–Trinajstić information content (AvgIpc) is 3.14. The van der Waals surface area contributed by atoms with Crippen molar-refractivity contribution in [1.29, 1.82) is 0 Å². The fourth-order valence-corrected chi connectivity index (χ4v) is 3.96. The minimum atomic E-state index is -0.104. The Balaban J connectivity index is 1.72. The standard InChI is InChI=1S/C18H13BrN2OS/c1-10-14-8-11(5-6-15(14)20-17(10)22)16-9-23-18(21-16)12-3-2-4-13(19)7-12/h2-10H,1H3,(H,20,22)/t10-/m0/s1. The number of hydrogen-bond acceptors (Lipinski definition) is 3. The van der Waals surface area contributed by atoms with Gasteiger partial charge in [-0.1, -0.05) is 34.1 Å². The predicted octanol–water partition coefficient (Wildman–Crippen LogP) is 5.30. The third kappa shape index (κ3) is 2.60. The van der Waals surface area contributed by atoms with E-state index in [0.29, 0.717) is 0 Å². The van der Waals surface area contributed by atoms with E-state index in [1.165, 1.54) is 0 Å². The molecule has 3 aromatic rings. The first-order valence-corrected chi connectivity index (χ1v) is 8.96. The lowest BCUT2D eigenvalue weighted by Crippen LogP contribution is -2.08. The molecule has 1 N–H and O–H groups in total. The zero-order valence-corrected chi connectivity index (χ0v) is 14.7. The van der Waals surface area contributed by atoms with E-state index in [0.717, 1.165) is 37.6 Å². The van der Waals surface area contributed by atoms with Crippen LogP contribution in [0, 0.1) is 0 Å². The minimum Gasteiger partial charge on any atom is -0.325 e. The lowest BCUT2D eigenvalue weighted by atomic mass is 9.99. The third-order valence-corrected chi connectivity index (χ3v) is 5.43. The number of nitrogens with one attached hydrogen (secondary N) is 1. The van der Waals surface area contributed by atoms with E-state index >= 15 is 0 Å². The molecule has 0 radical (unpaired) electrons. The highest BCUT2D eigenvalue weighted by molar-refractivity contribution is 9.10. The Morgan fingerprint density at radius 3 is 2.87 bits per heavy atom. The number of halogens is 1. The summed E-state index contributed by atoms with van der Waals surface area (Å²) in [5.74, 6) is -0.0432. The number of hydrogen-bond donors (Lipinski definition) is 1. The summed E-state index contributed by atoms with van der Waals surface area (Å²) < 4.78 is 1.04. The lowest BCUT2D eigenvalue weighted by molar-refractivity contribution is -0.116. The fraction of sp³-hybridized carbons (Fsp3) is 0.111. The van der Waals surface area contributed by atoms with Crippen molar-refractivity contribution in [2.24, 2.45) is 0 Å². The van der Waals surface area contributed by atoms with Crippen LogP contribution < -0.4 is 5.32 Å². The number of rotatable bonds is 2. The molecule has 1 atom stereocenters. The molecule has 2 aromatic carbocycles. The van der Waals surface area contributed by atoms with E-state index in [1.807, 2.05) is 31.2 Å². The molecule has 0 bridgehead atoms. The van der Waals surface area contributed by atoms with Crippen LogP contribution in [0.5, 0.6) is 0 Å². The molecule has 0 aliphatic carbocycles. The Kier molecular flexibility index (Phi) is 3.54. The summed E-state index contributed by atoms with van der Waals surface area (Å²) in [7, 11) is 0. The molecule has 5 heteroatoms. The number of fused-ring (bicyclic) bond motifs is 1. The van der Waals surface area contributed by atoms with Gasteiger partial charge in [0.25, 0.3) is 0 Å². The van der Waals surface area contributed by atoms with Gasteiger partial charge in [0, 0.05) is 26.7 Å². The molecule has 1 amide bonds. The van der Waals surface area contributed by atoms with Crippen LogP contribution in [-0.2, 0) is 4.79 Å². The summed E-state index contributed by atoms with van der Waals surface area (Å²) in [6.45, 7) is 1.93. The van der Waals surface area contributed by atoms with Crippen LogP contribution in [0.15, 0.2) is 52.3 Å². The number of carbonyl (C=O) groups excluding carboxylic acids is 1. The van der Waals surface area contributed by atoms with Crippen molar-refractivity contribution in [2.45, 2.75) is 12.8 Å². The molecule has 114 valence electrons. The van der Waals surface area contributed by atoms with Crippen LogP contribution in [0.2, 0.25) is 0 Å². The van der Waals surface area contributed by atoms with Crippen LogP contribution in [-0.4, -0.2) is 10.9 Å². The molecule has 1 aromatic heterocycles. The first kappa shape index (κ1) is 14.6. The van der Waals surface area contributed by atoms with Gasteiger partial charge in [-0.2, -0.15) is 0 Å². The van der Waals surface area contributed by atoms with Gasteiger partial charge in [-0.25, -0.2) is 4.98 Å². The van der Waals surface area contributed by atoms with Gasteiger partial charge in [0.2, 0.25) is 5.91 Å². The molecule has 0 saturated carbocycles. The van der Waals surface area contributed by atoms with Crippen molar-refractivity contribution in [3.8, 4) is 21.8 Å². The molecule has 0 unspecified atom stereocenters.